The van der Waals surface area contributed by atoms with Crippen molar-refractivity contribution in [2.75, 3.05) is 13.1 Å². The van der Waals surface area contributed by atoms with Crippen molar-refractivity contribution >= 4 is 40.9 Å². The summed E-state index contributed by atoms with van der Waals surface area (Å²) in [6.07, 6.45) is 4.84. The van der Waals surface area contributed by atoms with Gasteiger partial charge in [-0.2, -0.15) is 0 Å². The van der Waals surface area contributed by atoms with E-state index in [-0.39, 0.29) is 35.7 Å². The highest BCUT2D eigenvalue weighted by atomic mass is 35.5. The Morgan fingerprint density at radius 2 is 1.49 bits per heavy atom. The highest BCUT2D eigenvalue weighted by molar-refractivity contribution is 6.42. The van der Waals surface area contributed by atoms with E-state index in [0.717, 1.165) is 32.1 Å². The van der Waals surface area contributed by atoms with Crippen molar-refractivity contribution < 1.29 is 18.8 Å². The summed E-state index contributed by atoms with van der Waals surface area (Å²) in [6.45, 7) is 0.896. The first-order valence-electron chi connectivity index (χ1n) is 11.9. The molecule has 35 heavy (non-hydrogen) atoms. The summed E-state index contributed by atoms with van der Waals surface area (Å²) in [4.78, 5) is 40.5. The van der Waals surface area contributed by atoms with Gasteiger partial charge >= 0.3 is 0 Å². The number of rotatable bonds is 5. The number of hydrogen-bond donors (Lipinski definition) is 2. The highest BCUT2D eigenvalue weighted by Gasteiger charge is 2.33. The maximum atomic E-state index is 13.2. The lowest BCUT2D eigenvalue weighted by atomic mass is 9.88. The average molecular weight is 520 g/mol. The van der Waals surface area contributed by atoms with E-state index in [9.17, 15) is 18.8 Å². The Kier molecular flexibility index (Phi) is 8.29. The number of nitrogens with zero attached hydrogens (tertiary/aromatic N) is 1. The van der Waals surface area contributed by atoms with E-state index in [4.69, 9.17) is 23.2 Å². The van der Waals surface area contributed by atoms with Crippen molar-refractivity contribution in [2.24, 2.45) is 5.92 Å². The van der Waals surface area contributed by atoms with Crippen molar-refractivity contribution in [1.29, 1.82) is 0 Å². The molecule has 2 aliphatic rings. The molecule has 2 aromatic carbocycles. The molecular formula is C26H28Cl2FN3O3. The van der Waals surface area contributed by atoms with Gasteiger partial charge in [-0.25, -0.2) is 4.39 Å². The van der Waals surface area contributed by atoms with E-state index in [1.165, 1.54) is 24.3 Å². The normalized spacial score (nSPS) is 22.4. The lowest BCUT2D eigenvalue weighted by Crippen LogP contribution is -2.55. The SMILES string of the molecule is O=C(N[C@@H]1CCCC[C@H]1NC(=O)[C@@H]1CCCN(C(=O)c2ccc(Cl)c(Cl)c2)C1)c1ccc(F)cc1. The molecule has 0 bridgehead atoms. The van der Waals surface area contributed by atoms with Gasteiger partial charge in [0.1, 0.15) is 5.82 Å². The first-order chi connectivity index (χ1) is 16.8. The number of piperidine rings is 1. The van der Waals surface area contributed by atoms with Crippen LogP contribution in [0.3, 0.4) is 0 Å². The molecule has 3 amide bonds. The van der Waals surface area contributed by atoms with Crippen LogP contribution in [-0.2, 0) is 4.79 Å². The fraction of sp³-hybridized carbons (Fsp3) is 0.423. The van der Waals surface area contributed by atoms with Crippen LogP contribution < -0.4 is 10.6 Å². The molecule has 0 spiro atoms. The smallest absolute Gasteiger partial charge is 0.253 e. The van der Waals surface area contributed by atoms with Crippen molar-refractivity contribution in [3.05, 3.63) is 69.5 Å². The molecule has 4 rings (SSSR count). The molecule has 2 fully saturated rings. The maximum absolute atomic E-state index is 13.2. The van der Waals surface area contributed by atoms with E-state index < -0.39 is 5.82 Å². The van der Waals surface area contributed by atoms with Crippen LogP contribution in [-0.4, -0.2) is 47.8 Å². The lowest BCUT2D eigenvalue weighted by Gasteiger charge is -2.36. The number of halogens is 3. The molecule has 2 N–H and O–H groups in total. The maximum Gasteiger partial charge on any atom is 0.253 e. The third kappa shape index (κ3) is 6.33. The minimum atomic E-state index is -0.400. The number of nitrogens with one attached hydrogen (secondary N) is 2. The molecule has 1 saturated carbocycles. The van der Waals surface area contributed by atoms with Gasteiger partial charge in [0.25, 0.3) is 11.8 Å². The molecule has 0 aromatic heterocycles. The molecular weight excluding hydrogens is 492 g/mol. The van der Waals surface area contributed by atoms with Crippen LogP contribution in [0.4, 0.5) is 4.39 Å². The van der Waals surface area contributed by atoms with Crippen molar-refractivity contribution in [1.82, 2.24) is 15.5 Å². The number of likely N-dealkylation sites (tertiary alicyclic amines) is 1. The van der Waals surface area contributed by atoms with Crippen LogP contribution in [0.25, 0.3) is 0 Å². The number of hydrogen-bond acceptors (Lipinski definition) is 3. The van der Waals surface area contributed by atoms with Crippen LogP contribution in [0.1, 0.15) is 59.2 Å². The van der Waals surface area contributed by atoms with Crippen molar-refractivity contribution in [3.63, 3.8) is 0 Å². The summed E-state index contributed by atoms with van der Waals surface area (Å²) in [5, 5.41) is 6.83. The fourth-order valence-electron chi connectivity index (χ4n) is 4.82. The van der Waals surface area contributed by atoms with Gasteiger partial charge in [0, 0.05) is 36.3 Å². The Balaban J connectivity index is 1.37. The number of carbonyl (C=O) groups excluding carboxylic acids is 3. The molecule has 1 aliphatic heterocycles. The van der Waals surface area contributed by atoms with Crippen LogP contribution in [0.5, 0.6) is 0 Å². The second kappa shape index (κ2) is 11.4. The molecule has 0 radical (unpaired) electrons. The van der Waals surface area contributed by atoms with Gasteiger partial charge in [-0.15, -0.1) is 0 Å². The Morgan fingerprint density at radius 1 is 0.829 bits per heavy atom. The van der Waals surface area contributed by atoms with E-state index >= 15 is 0 Å². The standard InChI is InChI=1S/C26H28Cl2FN3O3/c27-20-12-9-17(14-21(20)28)26(35)32-13-3-4-18(15-32)25(34)31-23-6-2-1-5-22(23)30-24(33)16-7-10-19(29)11-8-16/h7-12,14,18,22-23H,1-6,13,15H2,(H,30,33)(H,31,34)/t18-,22-,23-/m1/s1. The molecule has 186 valence electrons. The molecule has 1 heterocycles. The largest absolute Gasteiger partial charge is 0.351 e. The van der Waals surface area contributed by atoms with E-state index in [1.807, 2.05) is 0 Å². The van der Waals surface area contributed by atoms with Gasteiger partial charge in [0.2, 0.25) is 5.91 Å². The zero-order valence-corrected chi connectivity index (χ0v) is 20.7. The van der Waals surface area contributed by atoms with Crippen molar-refractivity contribution in [2.45, 2.75) is 50.6 Å². The zero-order valence-electron chi connectivity index (χ0n) is 19.2. The van der Waals surface area contributed by atoms with Gasteiger partial charge in [0.15, 0.2) is 0 Å². The van der Waals surface area contributed by atoms with Gasteiger partial charge in [-0.3, -0.25) is 14.4 Å². The predicted octanol–water partition coefficient (Wildman–Crippen LogP) is 4.84. The molecule has 0 unspecified atom stereocenters. The first kappa shape index (κ1) is 25.5. The molecule has 1 saturated heterocycles. The van der Waals surface area contributed by atoms with E-state index in [0.29, 0.717) is 40.7 Å². The number of amides is 3. The van der Waals surface area contributed by atoms with Crippen molar-refractivity contribution in [3.8, 4) is 0 Å². The Hall–Kier alpha value is -2.64. The molecule has 1 aliphatic carbocycles. The molecule has 9 heteroatoms. The third-order valence-electron chi connectivity index (χ3n) is 6.76. The second-order valence-corrected chi connectivity index (χ2v) is 10.0. The average Bonchev–Trinajstić information content (AvgIpc) is 2.87. The molecule has 6 nitrogen and oxygen atoms in total. The summed E-state index contributed by atoms with van der Waals surface area (Å²) in [5.74, 6) is -1.30. The van der Waals surface area contributed by atoms with Gasteiger partial charge < -0.3 is 15.5 Å². The van der Waals surface area contributed by atoms with Crippen LogP contribution in [0.2, 0.25) is 10.0 Å². The Morgan fingerprint density at radius 3 is 2.17 bits per heavy atom. The van der Waals surface area contributed by atoms with Gasteiger partial charge in [-0.1, -0.05) is 36.0 Å². The second-order valence-electron chi connectivity index (χ2n) is 9.21. The van der Waals surface area contributed by atoms with Gasteiger partial charge in [-0.05, 0) is 68.1 Å². The first-order valence-corrected chi connectivity index (χ1v) is 12.7. The summed E-state index contributed by atoms with van der Waals surface area (Å²) < 4.78 is 13.2. The quantitative estimate of drug-likeness (QED) is 0.592. The van der Waals surface area contributed by atoms with E-state index in [2.05, 4.69) is 10.6 Å². The lowest BCUT2D eigenvalue weighted by molar-refractivity contribution is -0.127. The topological polar surface area (TPSA) is 78.5 Å². The summed E-state index contributed by atoms with van der Waals surface area (Å²) in [5.41, 5.74) is 0.821. The third-order valence-corrected chi connectivity index (χ3v) is 7.50. The minimum absolute atomic E-state index is 0.107. The molecule has 2 aromatic rings. The Bertz CT molecular complexity index is 1100. The molecule has 3 atom stereocenters. The minimum Gasteiger partial charge on any atom is -0.351 e. The zero-order chi connectivity index (χ0) is 24.9. The highest BCUT2D eigenvalue weighted by Crippen LogP contribution is 2.26. The van der Waals surface area contributed by atoms with Crippen LogP contribution in [0, 0.1) is 11.7 Å². The summed E-state index contributed by atoms with van der Waals surface area (Å²) in [7, 11) is 0. The summed E-state index contributed by atoms with van der Waals surface area (Å²) in [6, 6.07) is 9.78. The van der Waals surface area contributed by atoms with Crippen LogP contribution >= 0.6 is 23.2 Å². The van der Waals surface area contributed by atoms with E-state index in [1.54, 1.807) is 23.1 Å². The Labute approximate surface area is 214 Å². The monoisotopic (exact) mass is 519 g/mol. The predicted molar refractivity (Wildman–Crippen MR) is 133 cm³/mol. The van der Waals surface area contributed by atoms with Crippen LogP contribution in [0.15, 0.2) is 42.5 Å². The summed E-state index contributed by atoms with van der Waals surface area (Å²) >= 11 is 12.0. The fourth-order valence-corrected chi connectivity index (χ4v) is 5.12. The number of benzene rings is 2. The van der Waals surface area contributed by atoms with Gasteiger partial charge in [0.05, 0.1) is 16.0 Å². The number of carbonyl (C=O) groups is 3.